The molecular formula is C14H15ClN2OS. The molecule has 1 aromatic carbocycles. The van der Waals surface area contributed by atoms with E-state index in [1.807, 2.05) is 43.5 Å². The van der Waals surface area contributed by atoms with Gasteiger partial charge < -0.3 is 5.32 Å². The molecule has 0 radical (unpaired) electrons. The molecule has 0 saturated carbocycles. The van der Waals surface area contributed by atoms with Crippen LogP contribution in [0.3, 0.4) is 0 Å². The molecule has 0 aliphatic heterocycles. The Bertz CT molecular complexity index is 563. The summed E-state index contributed by atoms with van der Waals surface area (Å²) in [5, 5.41) is 6.39. The topological polar surface area (TPSA) is 42.0 Å². The van der Waals surface area contributed by atoms with E-state index in [4.69, 9.17) is 11.6 Å². The number of aromatic nitrogens is 1. The number of carbonyl (C=O) groups excluding carboxylic acids is 1. The summed E-state index contributed by atoms with van der Waals surface area (Å²) >= 11 is 7.39. The van der Waals surface area contributed by atoms with Crippen LogP contribution in [0.5, 0.6) is 0 Å². The summed E-state index contributed by atoms with van der Waals surface area (Å²) in [5.41, 5.74) is 1.82. The highest BCUT2D eigenvalue weighted by Crippen LogP contribution is 2.25. The van der Waals surface area contributed by atoms with Crippen molar-refractivity contribution in [3.8, 4) is 10.6 Å². The standard InChI is InChI=1S/C14H15ClN2OS/c1-9(2)16-13(18)7-12-8-19-14(17-12)10-3-5-11(15)6-4-10/h3-6,8-9H,7H2,1-2H3,(H,16,18). The van der Waals surface area contributed by atoms with E-state index >= 15 is 0 Å². The molecule has 3 nitrogen and oxygen atoms in total. The molecule has 100 valence electrons. The van der Waals surface area contributed by atoms with Gasteiger partial charge in [0.1, 0.15) is 5.01 Å². The van der Waals surface area contributed by atoms with Gasteiger partial charge in [0.25, 0.3) is 0 Å². The maximum absolute atomic E-state index is 11.6. The summed E-state index contributed by atoms with van der Waals surface area (Å²) < 4.78 is 0. The maximum atomic E-state index is 11.6. The van der Waals surface area contributed by atoms with Crippen LogP contribution in [0.4, 0.5) is 0 Å². The van der Waals surface area contributed by atoms with Gasteiger partial charge >= 0.3 is 0 Å². The third-order valence-electron chi connectivity index (χ3n) is 2.43. The summed E-state index contributed by atoms with van der Waals surface area (Å²) in [7, 11) is 0. The van der Waals surface area contributed by atoms with E-state index in [1.54, 1.807) is 0 Å². The van der Waals surface area contributed by atoms with Crippen LogP contribution in [0, 0.1) is 0 Å². The SMILES string of the molecule is CC(C)NC(=O)Cc1csc(-c2ccc(Cl)cc2)n1. The number of nitrogens with zero attached hydrogens (tertiary/aromatic N) is 1. The molecule has 1 heterocycles. The number of halogens is 1. The molecule has 0 spiro atoms. The summed E-state index contributed by atoms with van der Waals surface area (Å²) in [6, 6.07) is 7.69. The Labute approximate surface area is 121 Å². The highest BCUT2D eigenvalue weighted by molar-refractivity contribution is 7.13. The Balaban J connectivity index is 2.07. The molecule has 0 bridgehead atoms. The van der Waals surface area contributed by atoms with Gasteiger partial charge in [0.15, 0.2) is 0 Å². The van der Waals surface area contributed by atoms with Gasteiger partial charge in [-0.3, -0.25) is 4.79 Å². The smallest absolute Gasteiger partial charge is 0.226 e. The van der Waals surface area contributed by atoms with Gasteiger partial charge in [-0.25, -0.2) is 4.98 Å². The van der Waals surface area contributed by atoms with Crippen molar-refractivity contribution in [3.63, 3.8) is 0 Å². The summed E-state index contributed by atoms with van der Waals surface area (Å²) in [4.78, 5) is 16.1. The van der Waals surface area contributed by atoms with Crippen LogP contribution in [0.25, 0.3) is 10.6 Å². The second kappa shape index (κ2) is 6.17. The zero-order valence-electron chi connectivity index (χ0n) is 10.8. The fraction of sp³-hybridized carbons (Fsp3) is 0.286. The molecule has 0 saturated heterocycles. The van der Waals surface area contributed by atoms with E-state index in [9.17, 15) is 4.79 Å². The minimum atomic E-state index is 0.00274. The number of nitrogens with one attached hydrogen (secondary N) is 1. The number of amides is 1. The molecule has 1 aromatic heterocycles. The molecule has 2 rings (SSSR count). The normalized spacial score (nSPS) is 10.7. The minimum absolute atomic E-state index is 0.00274. The van der Waals surface area contributed by atoms with Gasteiger partial charge in [-0.1, -0.05) is 23.7 Å². The van der Waals surface area contributed by atoms with Crippen LogP contribution in [0.2, 0.25) is 5.02 Å². The van der Waals surface area contributed by atoms with Crippen LogP contribution in [-0.2, 0) is 11.2 Å². The van der Waals surface area contributed by atoms with E-state index in [1.165, 1.54) is 11.3 Å². The molecule has 5 heteroatoms. The number of hydrogen-bond acceptors (Lipinski definition) is 3. The van der Waals surface area contributed by atoms with Gasteiger partial charge in [0.2, 0.25) is 5.91 Å². The Morgan fingerprint density at radius 2 is 2.05 bits per heavy atom. The Morgan fingerprint density at radius 3 is 2.68 bits per heavy atom. The fourth-order valence-corrected chi connectivity index (χ4v) is 2.60. The minimum Gasteiger partial charge on any atom is -0.354 e. The lowest BCUT2D eigenvalue weighted by molar-refractivity contribution is -0.120. The van der Waals surface area contributed by atoms with E-state index in [-0.39, 0.29) is 11.9 Å². The summed E-state index contributed by atoms with van der Waals surface area (Å²) in [5.74, 6) is 0.00274. The molecule has 0 aliphatic carbocycles. The lowest BCUT2D eigenvalue weighted by atomic mass is 10.2. The van der Waals surface area contributed by atoms with Gasteiger partial charge in [-0.05, 0) is 26.0 Å². The van der Waals surface area contributed by atoms with Crippen molar-refractivity contribution in [1.29, 1.82) is 0 Å². The van der Waals surface area contributed by atoms with E-state index in [2.05, 4.69) is 10.3 Å². The Morgan fingerprint density at radius 1 is 1.37 bits per heavy atom. The van der Waals surface area contributed by atoms with Crippen molar-refractivity contribution in [3.05, 3.63) is 40.4 Å². The van der Waals surface area contributed by atoms with Crippen molar-refractivity contribution >= 4 is 28.8 Å². The molecule has 1 N–H and O–H groups in total. The van der Waals surface area contributed by atoms with Crippen LogP contribution in [-0.4, -0.2) is 16.9 Å². The summed E-state index contributed by atoms with van der Waals surface area (Å²) in [6.45, 7) is 3.89. The lowest BCUT2D eigenvalue weighted by Gasteiger charge is -2.06. The van der Waals surface area contributed by atoms with E-state index < -0.39 is 0 Å². The Kier molecular flexibility index (Phi) is 4.56. The first-order valence-corrected chi connectivity index (χ1v) is 7.30. The highest BCUT2D eigenvalue weighted by Gasteiger charge is 2.09. The van der Waals surface area contributed by atoms with Gasteiger partial charge in [-0.15, -0.1) is 11.3 Å². The molecular weight excluding hydrogens is 280 g/mol. The first-order valence-electron chi connectivity index (χ1n) is 6.04. The second-order valence-corrected chi connectivity index (χ2v) is 5.84. The van der Waals surface area contributed by atoms with Crippen molar-refractivity contribution in [1.82, 2.24) is 10.3 Å². The van der Waals surface area contributed by atoms with Crippen LogP contribution in [0.15, 0.2) is 29.6 Å². The zero-order valence-corrected chi connectivity index (χ0v) is 12.4. The van der Waals surface area contributed by atoms with Crippen molar-refractivity contribution in [2.45, 2.75) is 26.3 Å². The van der Waals surface area contributed by atoms with Crippen LogP contribution in [0.1, 0.15) is 19.5 Å². The van der Waals surface area contributed by atoms with Crippen LogP contribution < -0.4 is 5.32 Å². The number of thiazole rings is 1. The average molecular weight is 295 g/mol. The fourth-order valence-electron chi connectivity index (χ4n) is 1.65. The predicted molar refractivity (Wildman–Crippen MR) is 79.5 cm³/mol. The molecule has 0 fully saturated rings. The van der Waals surface area contributed by atoms with Gasteiger partial charge in [0.05, 0.1) is 12.1 Å². The summed E-state index contributed by atoms with van der Waals surface area (Å²) in [6.07, 6.45) is 0.322. The average Bonchev–Trinajstić information content (AvgIpc) is 2.77. The van der Waals surface area contributed by atoms with Crippen LogP contribution >= 0.6 is 22.9 Å². The monoisotopic (exact) mass is 294 g/mol. The second-order valence-electron chi connectivity index (χ2n) is 4.55. The lowest BCUT2D eigenvalue weighted by Crippen LogP contribution is -2.31. The first-order chi connectivity index (χ1) is 9.04. The van der Waals surface area contributed by atoms with E-state index in [0.29, 0.717) is 11.4 Å². The first kappa shape index (κ1) is 14.0. The number of hydrogen-bond donors (Lipinski definition) is 1. The maximum Gasteiger partial charge on any atom is 0.226 e. The third kappa shape index (κ3) is 4.04. The molecule has 1 amide bonds. The Hall–Kier alpha value is -1.39. The van der Waals surface area contributed by atoms with E-state index in [0.717, 1.165) is 16.3 Å². The quantitative estimate of drug-likeness (QED) is 0.937. The largest absolute Gasteiger partial charge is 0.354 e. The molecule has 2 aromatic rings. The van der Waals surface area contributed by atoms with Gasteiger partial charge in [0, 0.05) is 22.0 Å². The molecule has 0 aliphatic rings. The predicted octanol–water partition coefficient (Wildman–Crippen LogP) is 3.53. The number of carbonyl (C=O) groups is 1. The van der Waals surface area contributed by atoms with Crippen molar-refractivity contribution in [2.24, 2.45) is 0 Å². The van der Waals surface area contributed by atoms with Crippen molar-refractivity contribution < 1.29 is 4.79 Å². The highest BCUT2D eigenvalue weighted by atomic mass is 35.5. The van der Waals surface area contributed by atoms with Crippen molar-refractivity contribution in [2.75, 3.05) is 0 Å². The number of rotatable bonds is 4. The number of benzene rings is 1. The molecule has 0 unspecified atom stereocenters. The zero-order chi connectivity index (χ0) is 13.8. The van der Waals surface area contributed by atoms with Gasteiger partial charge in [-0.2, -0.15) is 0 Å². The molecule has 0 atom stereocenters. The third-order valence-corrected chi connectivity index (χ3v) is 3.63. The molecule has 19 heavy (non-hydrogen) atoms.